The third-order valence-electron chi connectivity index (χ3n) is 9.52. The van der Waals surface area contributed by atoms with Gasteiger partial charge in [-0.15, -0.1) is 18.3 Å². The Labute approximate surface area is 225 Å². The number of thioether (sulfide) groups is 1. The third-order valence-corrected chi connectivity index (χ3v) is 10.4. The molecular weight excluding hydrogens is 446 g/mol. The number of ether oxygens (including phenoxy) is 1. The Balaban J connectivity index is 1.84. The van der Waals surface area contributed by atoms with Gasteiger partial charge in [0.15, 0.2) is 0 Å². The average molecular weight is 504 g/mol. The van der Waals surface area contributed by atoms with E-state index in [-0.39, 0.29) is 46.4 Å². The van der Waals surface area contributed by atoms with Crippen LogP contribution in [0, 0.1) is 34.0 Å². The van der Waals surface area contributed by atoms with E-state index < -0.39 is 67.7 Å². The first-order valence-electron chi connectivity index (χ1n) is 17.2. The van der Waals surface area contributed by atoms with Crippen molar-refractivity contribution in [2.45, 2.75) is 85.7 Å². The molecule has 0 aliphatic heterocycles. The zero-order valence-electron chi connectivity index (χ0n) is 30.9. The summed E-state index contributed by atoms with van der Waals surface area (Å²) >= 11 is 0.936. The molecule has 0 radical (unpaired) electrons. The lowest BCUT2D eigenvalue weighted by Crippen LogP contribution is -2.63. The smallest absolute Gasteiger partial charge is 0.316 e. The van der Waals surface area contributed by atoms with Gasteiger partial charge in [-0.3, -0.25) is 9.59 Å². The first kappa shape index (κ1) is 16.8. The molecule has 3 aliphatic rings. The number of hydrogen-bond donors (Lipinski definition) is 1. The molecule has 0 unspecified atom stereocenters. The summed E-state index contributed by atoms with van der Waals surface area (Å²) in [4.78, 5) is 27.0. The highest BCUT2D eigenvalue weighted by Gasteiger charge is 2.68. The molecule has 8 atom stereocenters. The van der Waals surface area contributed by atoms with Gasteiger partial charge in [-0.05, 0) is 55.9 Å². The highest BCUT2D eigenvalue weighted by molar-refractivity contribution is 7.99. The first-order valence-corrected chi connectivity index (χ1v) is 13.4. The van der Waals surface area contributed by atoms with Crippen LogP contribution in [0.25, 0.3) is 0 Å². The molecule has 0 aromatic rings. The van der Waals surface area contributed by atoms with Crippen LogP contribution in [0.3, 0.4) is 0 Å². The molecule has 0 spiro atoms. The number of Topliss-reactive ketones (excluding diaryl/α,β-unsaturated/α-hetero) is 1. The van der Waals surface area contributed by atoms with E-state index in [1.165, 1.54) is 0 Å². The van der Waals surface area contributed by atoms with Crippen molar-refractivity contribution in [1.29, 1.82) is 0 Å². The molecule has 3 rings (SSSR count). The highest BCUT2D eigenvalue weighted by atomic mass is 32.2. The van der Waals surface area contributed by atoms with Crippen LogP contribution in [-0.4, -0.2) is 65.0 Å². The van der Waals surface area contributed by atoms with Gasteiger partial charge >= 0.3 is 5.97 Å². The number of carbonyl (C=O) groups is 2. The van der Waals surface area contributed by atoms with E-state index >= 15 is 0 Å². The Morgan fingerprint density at radius 3 is 2.71 bits per heavy atom. The van der Waals surface area contributed by atoms with Crippen LogP contribution >= 0.6 is 11.8 Å². The standard InChI is InChI=1S/C28H47NO4S/c1-8-26(6)17-22(33-23(31)18-34-16-15-29(9-2)10-3)27(7)19(4)11-13-28(20(5)25(26)32)14-12-21(30)24(27)28/h8,19-20,22,24-25,32H,1,9-18H2,2-7H3/t19-,20-,22+,24-,25-,26+,27+,28-/m0/s1/i2D3,3D3,9D2,10D2. The van der Waals surface area contributed by atoms with Crippen LogP contribution in [0.4, 0.5) is 0 Å². The predicted octanol–water partition coefficient (Wildman–Crippen LogP) is 4.97. The van der Waals surface area contributed by atoms with Crippen LogP contribution in [-0.2, 0) is 14.3 Å². The number of aliphatic hydroxyl groups excluding tert-OH is 1. The Morgan fingerprint density at radius 1 is 1.35 bits per heavy atom. The van der Waals surface area contributed by atoms with Crippen molar-refractivity contribution in [3.8, 4) is 0 Å². The molecular formula is C28H47NO4S. The molecule has 3 aliphatic carbocycles. The van der Waals surface area contributed by atoms with Crippen LogP contribution < -0.4 is 0 Å². The fraction of sp³-hybridized carbons (Fsp3) is 0.857. The van der Waals surface area contributed by atoms with E-state index in [0.717, 1.165) is 24.6 Å². The van der Waals surface area contributed by atoms with E-state index in [1.807, 2.05) is 20.8 Å². The number of esters is 1. The molecule has 2 bridgehead atoms. The molecule has 0 amide bonds. The van der Waals surface area contributed by atoms with E-state index in [9.17, 15) is 14.7 Å². The van der Waals surface area contributed by atoms with Crippen LogP contribution in [0.1, 0.15) is 87.2 Å². The maximum atomic E-state index is 13.5. The lowest BCUT2D eigenvalue weighted by Gasteiger charge is -2.61. The number of nitrogens with zero attached hydrogens (tertiary/aromatic N) is 1. The lowest BCUT2D eigenvalue weighted by molar-refractivity contribution is -0.205. The molecule has 3 fully saturated rings. The van der Waals surface area contributed by atoms with E-state index in [0.29, 0.717) is 12.8 Å². The second-order valence-corrected chi connectivity index (χ2v) is 12.1. The highest BCUT2D eigenvalue weighted by Crippen LogP contribution is 2.67. The molecule has 0 aromatic heterocycles. The average Bonchev–Trinajstić information content (AvgIpc) is 3.25. The lowest BCUT2D eigenvalue weighted by atomic mass is 9.44. The summed E-state index contributed by atoms with van der Waals surface area (Å²) in [5, 5.41) is 11.6. The Kier molecular flexibility index (Phi) is 5.26. The van der Waals surface area contributed by atoms with Gasteiger partial charge in [0.1, 0.15) is 11.9 Å². The SMILES string of the molecule is [2H]C([2H])([2H])C([2H])([2H])N(CCSCC(=O)O[C@@H]1C[C@@](C)(C=C)[C@@H](O)[C@H](C)[C@]23CCC(=O)[C@H]2[C@]1(C)[C@@H](C)CC3)C([2H])([2H])C([2H])([2H])[2H]. The molecule has 0 saturated heterocycles. The summed E-state index contributed by atoms with van der Waals surface area (Å²) in [5.41, 5.74) is -1.93. The number of aliphatic hydroxyl groups is 1. The molecule has 0 heterocycles. The van der Waals surface area contributed by atoms with Crippen molar-refractivity contribution in [2.75, 3.05) is 31.0 Å². The molecule has 194 valence electrons. The molecule has 0 aromatic carbocycles. The second kappa shape index (κ2) is 10.6. The third kappa shape index (κ3) is 4.64. The fourth-order valence-corrected chi connectivity index (χ4v) is 7.84. The predicted molar refractivity (Wildman–Crippen MR) is 140 cm³/mol. The van der Waals surface area contributed by atoms with Gasteiger partial charge in [0, 0.05) is 49.2 Å². The summed E-state index contributed by atoms with van der Waals surface area (Å²) in [6.07, 6.45) is 3.12. The number of ketones is 1. The Hall–Kier alpha value is -0.850. The normalized spacial score (nSPS) is 48.1. The van der Waals surface area contributed by atoms with Gasteiger partial charge in [-0.2, -0.15) is 0 Å². The zero-order chi connectivity index (χ0) is 33.9. The summed E-state index contributed by atoms with van der Waals surface area (Å²) < 4.78 is 83.6. The maximum Gasteiger partial charge on any atom is 0.316 e. The molecule has 6 heteroatoms. The molecule has 3 saturated carbocycles. The van der Waals surface area contributed by atoms with Crippen molar-refractivity contribution in [3.05, 3.63) is 12.7 Å². The van der Waals surface area contributed by atoms with Crippen LogP contribution in [0.5, 0.6) is 0 Å². The van der Waals surface area contributed by atoms with Gasteiger partial charge in [-0.25, -0.2) is 0 Å². The topological polar surface area (TPSA) is 66.8 Å². The van der Waals surface area contributed by atoms with Crippen LogP contribution in [0.2, 0.25) is 0 Å². The molecule has 1 N–H and O–H groups in total. The Morgan fingerprint density at radius 2 is 2.06 bits per heavy atom. The minimum Gasteiger partial charge on any atom is -0.461 e. The van der Waals surface area contributed by atoms with Gasteiger partial charge in [-0.1, -0.05) is 47.5 Å². The number of carbonyl (C=O) groups excluding carboxylic acids is 2. The number of hydrogen-bond acceptors (Lipinski definition) is 6. The maximum absolute atomic E-state index is 13.5. The minimum atomic E-state index is -3.34. The zero-order valence-corrected chi connectivity index (χ0v) is 21.7. The molecule has 5 nitrogen and oxygen atoms in total. The fourth-order valence-electron chi connectivity index (χ4n) is 7.15. The Bertz CT molecular complexity index is 1090. The monoisotopic (exact) mass is 503 g/mol. The van der Waals surface area contributed by atoms with Gasteiger partial charge in [0.25, 0.3) is 0 Å². The van der Waals surface area contributed by atoms with E-state index in [4.69, 9.17) is 18.4 Å². The van der Waals surface area contributed by atoms with E-state index in [1.54, 1.807) is 6.08 Å². The first-order chi connectivity index (χ1) is 19.8. The van der Waals surface area contributed by atoms with Crippen molar-refractivity contribution in [2.24, 2.45) is 34.0 Å². The molecule has 34 heavy (non-hydrogen) atoms. The number of rotatable bonds is 9. The minimum absolute atomic E-state index is 0.0439. The summed E-state index contributed by atoms with van der Waals surface area (Å²) in [6, 6.07) is 0. The van der Waals surface area contributed by atoms with Crippen molar-refractivity contribution >= 4 is 23.5 Å². The largest absolute Gasteiger partial charge is 0.461 e. The van der Waals surface area contributed by atoms with Gasteiger partial charge in [0.2, 0.25) is 0 Å². The second-order valence-electron chi connectivity index (χ2n) is 11.0. The summed E-state index contributed by atoms with van der Waals surface area (Å²) in [7, 11) is 0. The van der Waals surface area contributed by atoms with Crippen molar-refractivity contribution in [1.82, 2.24) is 4.90 Å². The summed E-state index contributed by atoms with van der Waals surface area (Å²) in [5.74, 6) is -1.43. The van der Waals surface area contributed by atoms with Crippen molar-refractivity contribution in [3.63, 3.8) is 0 Å². The quantitative estimate of drug-likeness (QED) is 0.272. The van der Waals surface area contributed by atoms with Gasteiger partial charge in [0.05, 0.1) is 11.9 Å². The van der Waals surface area contributed by atoms with Gasteiger partial charge < -0.3 is 14.7 Å². The van der Waals surface area contributed by atoms with Crippen LogP contribution in [0.15, 0.2) is 12.7 Å². The van der Waals surface area contributed by atoms with Crippen molar-refractivity contribution < 1.29 is 33.1 Å². The van der Waals surface area contributed by atoms with E-state index in [2.05, 4.69) is 13.5 Å². The summed E-state index contributed by atoms with van der Waals surface area (Å²) in [6.45, 7) is -1.90.